The lowest BCUT2D eigenvalue weighted by Crippen LogP contribution is -2.15. The van der Waals surface area contributed by atoms with Gasteiger partial charge in [-0.25, -0.2) is 13.1 Å². The van der Waals surface area contributed by atoms with Crippen LogP contribution in [0.4, 0.5) is 5.82 Å². The first kappa shape index (κ1) is 13.5. The number of aryl methyl sites for hydroxylation is 1. The molecule has 1 rings (SSSR count). The summed E-state index contributed by atoms with van der Waals surface area (Å²) in [6, 6.07) is 1.92. The van der Waals surface area contributed by atoms with Crippen molar-refractivity contribution < 1.29 is 8.42 Å². The summed E-state index contributed by atoms with van der Waals surface area (Å²) in [5.41, 5.74) is 0.235. The fourth-order valence-electron chi connectivity index (χ4n) is 1.30. The van der Waals surface area contributed by atoms with E-state index in [1.165, 1.54) is 10.9 Å². The Hall–Kier alpha value is -1.55. The van der Waals surface area contributed by atoms with E-state index in [9.17, 15) is 8.42 Å². The summed E-state index contributed by atoms with van der Waals surface area (Å²) < 4.78 is 26.2. The zero-order chi connectivity index (χ0) is 13.1. The minimum absolute atomic E-state index is 0.235. The Morgan fingerprint density at radius 3 is 2.71 bits per heavy atom. The second-order valence-corrected chi connectivity index (χ2v) is 6.05. The number of sulfonamides is 1. The molecule has 1 aromatic rings. The Labute approximate surface area is 101 Å². The first-order valence-electron chi connectivity index (χ1n) is 5.27. The highest BCUT2D eigenvalue weighted by atomic mass is 32.2. The quantitative estimate of drug-likeness (QED) is 0.856. The van der Waals surface area contributed by atoms with Gasteiger partial charge in [0.1, 0.15) is 11.6 Å². The lowest BCUT2D eigenvalue weighted by atomic mass is 10.1. The highest BCUT2D eigenvalue weighted by molar-refractivity contribution is 7.92. The molecule has 0 aliphatic rings. The number of nitrogens with one attached hydrogen (secondary N) is 1. The second kappa shape index (κ2) is 5.19. The van der Waals surface area contributed by atoms with Crippen LogP contribution in [-0.4, -0.2) is 24.5 Å². The monoisotopic (exact) mass is 256 g/mol. The standard InChI is InChI=1S/C10H16N4O2S/c1-8(2)4-5-14-10(13-17(3,15)16)9(6-11)7-12-14/h7-8,13H,4-5H2,1-3H3. The van der Waals surface area contributed by atoms with Crippen molar-refractivity contribution in [3.05, 3.63) is 11.8 Å². The third-order valence-electron chi connectivity index (χ3n) is 2.16. The maximum Gasteiger partial charge on any atom is 0.230 e. The van der Waals surface area contributed by atoms with Gasteiger partial charge in [0, 0.05) is 6.54 Å². The summed E-state index contributed by atoms with van der Waals surface area (Å²) >= 11 is 0. The van der Waals surface area contributed by atoms with Gasteiger partial charge in [0.2, 0.25) is 10.0 Å². The van der Waals surface area contributed by atoms with Crippen molar-refractivity contribution in [2.24, 2.45) is 5.92 Å². The molecule has 0 radical (unpaired) electrons. The topological polar surface area (TPSA) is 87.8 Å². The average Bonchev–Trinajstić information content (AvgIpc) is 2.55. The molecular weight excluding hydrogens is 240 g/mol. The minimum Gasteiger partial charge on any atom is -0.267 e. The molecule has 1 heterocycles. The Morgan fingerprint density at radius 2 is 2.24 bits per heavy atom. The van der Waals surface area contributed by atoms with Gasteiger partial charge in [-0.2, -0.15) is 10.4 Å². The molecule has 1 N–H and O–H groups in total. The van der Waals surface area contributed by atoms with Crippen molar-refractivity contribution in [2.45, 2.75) is 26.8 Å². The summed E-state index contributed by atoms with van der Waals surface area (Å²) in [7, 11) is -3.40. The van der Waals surface area contributed by atoms with Crippen LogP contribution in [0.1, 0.15) is 25.8 Å². The summed E-state index contributed by atoms with van der Waals surface area (Å²) in [6.07, 6.45) is 3.28. The Morgan fingerprint density at radius 1 is 1.59 bits per heavy atom. The van der Waals surface area contributed by atoms with Gasteiger partial charge in [-0.1, -0.05) is 13.8 Å². The van der Waals surface area contributed by atoms with Crippen molar-refractivity contribution in [2.75, 3.05) is 11.0 Å². The number of nitrogens with zero attached hydrogens (tertiary/aromatic N) is 3. The van der Waals surface area contributed by atoms with Crippen molar-refractivity contribution in [3.8, 4) is 6.07 Å². The van der Waals surface area contributed by atoms with Gasteiger partial charge < -0.3 is 0 Å². The number of hydrogen-bond acceptors (Lipinski definition) is 4. The van der Waals surface area contributed by atoms with Gasteiger partial charge in [-0.05, 0) is 12.3 Å². The molecule has 0 unspecified atom stereocenters. The number of aromatic nitrogens is 2. The zero-order valence-corrected chi connectivity index (χ0v) is 11.0. The lowest BCUT2D eigenvalue weighted by molar-refractivity contribution is 0.491. The molecule has 94 valence electrons. The fourth-order valence-corrected chi connectivity index (χ4v) is 1.87. The van der Waals surface area contributed by atoms with Crippen LogP contribution in [0.15, 0.2) is 6.20 Å². The van der Waals surface area contributed by atoms with E-state index in [0.717, 1.165) is 12.7 Å². The minimum atomic E-state index is -3.40. The molecule has 0 aliphatic carbocycles. The Balaban J connectivity index is 2.99. The molecule has 0 fully saturated rings. The van der Waals surface area contributed by atoms with Gasteiger partial charge in [0.05, 0.1) is 12.5 Å². The Bertz CT molecular complexity index is 525. The van der Waals surface area contributed by atoms with E-state index < -0.39 is 10.0 Å². The summed E-state index contributed by atoms with van der Waals surface area (Å²) in [5, 5.41) is 12.9. The van der Waals surface area contributed by atoms with E-state index in [1.807, 2.05) is 6.07 Å². The van der Waals surface area contributed by atoms with Crippen LogP contribution >= 0.6 is 0 Å². The molecular formula is C10H16N4O2S. The van der Waals surface area contributed by atoms with Crippen LogP contribution in [0.2, 0.25) is 0 Å². The zero-order valence-electron chi connectivity index (χ0n) is 10.1. The molecule has 0 aromatic carbocycles. The first-order valence-corrected chi connectivity index (χ1v) is 7.16. The highest BCUT2D eigenvalue weighted by Crippen LogP contribution is 2.16. The summed E-state index contributed by atoms with van der Waals surface area (Å²) in [5.74, 6) is 0.728. The van der Waals surface area contributed by atoms with Crippen LogP contribution in [-0.2, 0) is 16.6 Å². The third-order valence-corrected chi connectivity index (χ3v) is 2.72. The molecule has 0 saturated carbocycles. The molecule has 6 nitrogen and oxygen atoms in total. The highest BCUT2D eigenvalue weighted by Gasteiger charge is 2.14. The number of anilines is 1. The number of hydrogen-bond donors (Lipinski definition) is 1. The van der Waals surface area contributed by atoms with Gasteiger partial charge in [0.25, 0.3) is 0 Å². The van der Waals surface area contributed by atoms with Crippen molar-refractivity contribution >= 4 is 15.8 Å². The normalized spacial score (nSPS) is 11.5. The predicted octanol–water partition coefficient (Wildman–Crippen LogP) is 1.17. The van der Waals surface area contributed by atoms with E-state index in [0.29, 0.717) is 12.5 Å². The second-order valence-electron chi connectivity index (χ2n) is 4.30. The van der Waals surface area contributed by atoms with E-state index in [1.54, 1.807) is 0 Å². The van der Waals surface area contributed by atoms with Gasteiger partial charge in [0.15, 0.2) is 5.82 Å². The van der Waals surface area contributed by atoms with E-state index in [-0.39, 0.29) is 11.4 Å². The molecule has 0 amide bonds. The van der Waals surface area contributed by atoms with Crippen LogP contribution < -0.4 is 4.72 Å². The fraction of sp³-hybridized carbons (Fsp3) is 0.600. The SMILES string of the molecule is CC(C)CCn1ncc(C#N)c1NS(C)(=O)=O. The molecule has 1 aromatic heterocycles. The maximum absolute atomic E-state index is 11.2. The number of rotatable bonds is 5. The van der Waals surface area contributed by atoms with Crippen LogP contribution in [0.25, 0.3) is 0 Å². The first-order chi connectivity index (χ1) is 7.83. The molecule has 0 bridgehead atoms. The summed E-state index contributed by atoms with van der Waals surface area (Å²) in [4.78, 5) is 0. The van der Waals surface area contributed by atoms with E-state index >= 15 is 0 Å². The molecule has 0 aliphatic heterocycles. The molecule has 7 heteroatoms. The Kier molecular flexibility index (Phi) is 4.12. The number of nitriles is 1. The third kappa shape index (κ3) is 4.07. The predicted molar refractivity (Wildman–Crippen MR) is 64.9 cm³/mol. The summed E-state index contributed by atoms with van der Waals surface area (Å²) in [6.45, 7) is 4.72. The van der Waals surface area contributed by atoms with Gasteiger partial charge in [-0.15, -0.1) is 0 Å². The smallest absolute Gasteiger partial charge is 0.230 e. The molecule has 0 saturated heterocycles. The van der Waals surface area contributed by atoms with Crippen molar-refractivity contribution in [3.63, 3.8) is 0 Å². The van der Waals surface area contributed by atoms with Gasteiger partial charge >= 0.3 is 0 Å². The van der Waals surface area contributed by atoms with Crippen molar-refractivity contribution in [1.29, 1.82) is 5.26 Å². The van der Waals surface area contributed by atoms with Crippen molar-refractivity contribution in [1.82, 2.24) is 9.78 Å². The molecule has 17 heavy (non-hydrogen) atoms. The maximum atomic E-state index is 11.2. The van der Waals surface area contributed by atoms with E-state index in [2.05, 4.69) is 23.7 Å². The largest absolute Gasteiger partial charge is 0.267 e. The van der Waals surface area contributed by atoms with Crippen LogP contribution in [0, 0.1) is 17.2 Å². The average molecular weight is 256 g/mol. The van der Waals surface area contributed by atoms with Crippen LogP contribution in [0.3, 0.4) is 0 Å². The lowest BCUT2D eigenvalue weighted by Gasteiger charge is -2.10. The van der Waals surface area contributed by atoms with E-state index in [4.69, 9.17) is 5.26 Å². The molecule has 0 spiro atoms. The van der Waals surface area contributed by atoms with Gasteiger partial charge in [-0.3, -0.25) is 4.72 Å². The molecule has 0 atom stereocenters. The van der Waals surface area contributed by atoms with Crippen LogP contribution in [0.5, 0.6) is 0 Å².